The highest BCUT2D eigenvalue weighted by Crippen LogP contribution is 2.57. The second-order valence-electron chi connectivity index (χ2n) is 9.76. The minimum Gasteiger partial charge on any atom is -0.375 e. The molecule has 3 saturated carbocycles. The third-order valence-electron chi connectivity index (χ3n) is 7.93. The number of nitriles is 1. The van der Waals surface area contributed by atoms with E-state index in [-0.39, 0.29) is 16.7 Å². The number of nitrogens with zero attached hydrogens (tertiary/aromatic N) is 5. The number of alkyl halides is 3. The Morgan fingerprint density at radius 1 is 1.19 bits per heavy atom. The van der Waals surface area contributed by atoms with Gasteiger partial charge in [0.15, 0.2) is 0 Å². The molecule has 2 aromatic heterocycles. The fourth-order valence-electron chi connectivity index (χ4n) is 5.71. The van der Waals surface area contributed by atoms with E-state index in [9.17, 15) is 23.5 Å². The van der Waals surface area contributed by atoms with Crippen LogP contribution in [-0.2, 0) is 17.6 Å². The van der Waals surface area contributed by atoms with Crippen molar-refractivity contribution >= 4 is 0 Å². The minimum absolute atomic E-state index is 0.0763. The van der Waals surface area contributed by atoms with Crippen molar-refractivity contribution in [3.8, 4) is 17.3 Å². The number of rotatable bonds is 2. The summed E-state index contributed by atoms with van der Waals surface area (Å²) < 4.78 is 42.5. The Bertz CT molecular complexity index is 1070. The summed E-state index contributed by atoms with van der Waals surface area (Å²) in [5.74, 6) is -0.309. The first kappa shape index (κ1) is 20.4. The van der Waals surface area contributed by atoms with Gasteiger partial charge in [-0.25, -0.2) is 0 Å². The Morgan fingerprint density at radius 3 is 2.42 bits per heavy atom. The average Bonchev–Trinajstić information content (AvgIpc) is 3.19. The second-order valence-corrected chi connectivity index (χ2v) is 9.76. The predicted molar refractivity (Wildman–Crippen MR) is 105 cm³/mol. The molecule has 3 aliphatic carbocycles. The molecular formula is C22H24F3N5O. The van der Waals surface area contributed by atoms with Gasteiger partial charge < -0.3 is 5.11 Å². The molecule has 31 heavy (non-hydrogen) atoms. The number of hydrogen-bond donors (Lipinski definition) is 1. The van der Waals surface area contributed by atoms with Crippen molar-refractivity contribution in [2.75, 3.05) is 0 Å². The van der Waals surface area contributed by atoms with Crippen LogP contribution in [0.3, 0.4) is 0 Å². The molecule has 4 aliphatic rings. The van der Waals surface area contributed by atoms with Gasteiger partial charge in [0, 0.05) is 23.4 Å². The summed E-state index contributed by atoms with van der Waals surface area (Å²) in [5, 5.41) is 32.3. The molecule has 6 nitrogen and oxygen atoms in total. The van der Waals surface area contributed by atoms with Crippen molar-refractivity contribution in [2.24, 2.45) is 5.41 Å². The third-order valence-corrected chi connectivity index (χ3v) is 7.93. The molecule has 2 aromatic rings. The molecular weight excluding hydrogens is 407 g/mol. The summed E-state index contributed by atoms with van der Waals surface area (Å²) in [6, 6.07) is 4.49. The molecule has 1 aliphatic heterocycles. The van der Waals surface area contributed by atoms with E-state index >= 15 is 0 Å². The maximum absolute atomic E-state index is 13.6. The number of aromatic nitrogens is 4. The highest BCUT2D eigenvalue weighted by molar-refractivity contribution is 5.67. The Labute approximate surface area is 178 Å². The van der Waals surface area contributed by atoms with Crippen molar-refractivity contribution in [3.05, 3.63) is 29.2 Å². The lowest BCUT2D eigenvalue weighted by Gasteiger charge is -2.49. The van der Waals surface area contributed by atoms with Gasteiger partial charge in [-0.3, -0.25) is 4.68 Å². The van der Waals surface area contributed by atoms with Crippen LogP contribution in [0.15, 0.2) is 12.3 Å². The molecule has 0 unspecified atom stereocenters. The van der Waals surface area contributed by atoms with E-state index in [1.54, 1.807) is 0 Å². The minimum atomic E-state index is -4.87. The van der Waals surface area contributed by atoms with Crippen molar-refractivity contribution in [1.29, 1.82) is 5.26 Å². The molecule has 1 N–H and O–H groups in total. The zero-order chi connectivity index (χ0) is 22.2. The number of fused-ring (bicyclic) bond motifs is 6. The second kappa shape index (κ2) is 6.28. The molecule has 2 atom stereocenters. The Morgan fingerprint density at radius 2 is 1.84 bits per heavy atom. The van der Waals surface area contributed by atoms with E-state index in [1.165, 1.54) is 6.20 Å². The predicted octanol–water partition coefficient (Wildman–Crippen LogP) is 4.34. The van der Waals surface area contributed by atoms with Gasteiger partial charge in [0.2, 0.25) is 5.60 Å². The summed E-state index contributed by atoms with van der Waals surface area (Å²) in [4.78, 5) is 0. The van der Waals surface area contributed by atoms with Gasteiger partial charge in [0.05, 0.1) is 29.1 Å². The molecule has 0 spiro atoms. The maximum atomic E-state index is 13.6. The van der Waals surface area contributed by atoms with E-state index in [0.717, 1.165) is 51.1 Å². The van der Waals surface area contributed by atoms with Crippen LogP contribution in [0.1, 0.15) is 75.2 Å². The van der Waals surface area contributed by atoms with Gasteiger partial charge in [0.25, 0.3) is 0 Å². The first-order valence-corrected chi connectivity index (χ1v) is 10.7. The van der Waals surface area contributed by atoms with Crippen molar-refractivity contribution in [1.82, 2.24) is 20.0 Å². The highest BCUT2D eigenvalue weighted by atomic mass is 19.4. The van der Waals surface area contributed by atoms with E-state index in [4.69, 9.17) is 5.10 Å². The molecule has 0 amide bonds. The summed E-state index contributed by atoms with van der Waals surface area (Å²) in [6.07, 6.45) is 1.91. The smallest absolute Gasteiger partial charge is 0.375 e. The number of halogens is 3. The number of aliphatic hydroxyl groups is 1. The quantitative estimate of drug-likeness (QED) is 0.764. The Balaban J connectivity index is 1.59. The van der Waals surface area contributed by atoms with Crippen LogP contribution in [0.5, 0.6) is 0 Å². The zero-order valence-corrected chi connectivity index (χ0v) is 17.5. The van der Waals surface area contributed by atoms with Gasteiger partial charge in [0.1, 0.15) is 5.69 Å². The molecule has 0 aromatic carbocycles. The van der Waals surface area contributed by atoms with Crippen LogP contribution in [-0.4, -0.2) is 31.3 Å². The van der Waals surface area contributed by atoms with E-state index < -0.39 is 17.5 Å². The van der Waals surface area contributed by atoms with Crippen molar-refractivity contribution in [3.63, 3.8) is 0 Å². The third kappa shape index (κ3) is 2.77. The maximum Gasteiger partial charge on any atom is 0.422 e. The van der Waals surface area contributed by atoms with Gasteiger partial charge in [-0.15, -0.1) is 0 Å². The number of hydrogen-bond acceptors (Lipinski definition) is 5. The van der Waals surface area contributed by atoms with Gasteiger partial charge in [-0.1, -0.05) is 6.92 Å². The fourth-order valence-corrected chi connectivity index (χ4v) is 5.71. The standard InChI is InChI=1S/C22H24F3N5O/c1-13-11-30-15(14-10-27-28-18(17(13)14)19(2,31)22(23,24)25)9-16(29-30)21-6-3-20(12-26,4-7-21)5-8-21/h9-10,13,31H,3-8,11H2,1-2H3/t13-,19+,20?,21?/m1/s1. The first-order valence-electron chi connectivity index (χ1n) is 10.7. The summed E-state index contributed by atoms with van der Waals surface area (Å²) in [6.45, 7) is 2.96. The van der Waals surface area contributed by atoms with Crippen LogP contribution in [0.25, 0.3) is 11.3 Å². The lowest BCUT2D eigenvalue weighted by molar-refractivity contribution is -0.260. The summed E-state index contributed by atoms with van der Waals surface area (Å²) in [7, 11) is 0. The molecule has 0 radical (unpaired) electrons. The topological polar surface area (TPSA) is 87.6 Å². The lowest BCUT2D eigenvalue weighted by atomic mass is 9.53. The molecule has 3 fully saturated rings. The molecule has 9 heteroatoms. The first-order chi connectivity index (χ1) is 14.5. The molecule has 6 rings (SSSR count). The summed E-state index contributed by atoms with van der Waals surface area (Å²) in [5.41, 5.74) is -1.21. The molecule has 0 saturated heterocycles. The van der Waals surface area contributed by atoms with Crippen LogP contribution >= 0.6 is 0 Å². The largest absolute Gasteiger partial charge is 0.422 e. The molecule has 2 bridgehead atoms. The SMILES string of the molecule is C[C@@H]1Cn2nc(C34CCC(C#N)(CC3)CC4)cc2-c2cnnc([C@](C)(O)C(F)(F)F)c21. The van der Waals surface area contributed by atoms with Crippen LogP contribution in [0, 0.1) is 16.7 Å². The van der Waals surface area contributed by atoms with Crippen LogP contribution < -0.4 is 0 Å². The van der Waals surface area contributed by atoms with E-state index in [2.05, 4.69) is 16.3 Å². The zero-order valence-electron chi connectivity index (χ0n) is 17.5. The highest BCUT2D eigenvalue weighted by Gasteiger charge is 2.55. The Hall–Kier alpha value is -2.47. The summed E-state index contributed by atoms with van der Waals surface area (Å²) >= 11 is 0. The van der Waals surface area contributed by atoms with Gasteiger partial charge >= 0.3 is 6.18 Å². The fraction of sp³-hybridized carbons (Fsp3) is 0.636. The van der Waals surface area contributed by atoms with Gasteiger partial charge in [-0.2, -0.15) is 33.7 Å². The average molecular weight is 431 g/mol. The molecule has 164 valence electrons. The van der Waals surface area contributed by atoms with E-state index in [0.29, 0.717) is 23.4 Å². The molecule has 3 heterocycles. The normalized spacial score (nSPS) is 31.5. The Kier molecular flexibility index (Phi) is 4.14. The van der Waals surface area contributed by atoms with Crippen LogP contribution in [0.2, 0.25) is 0 Å². The van der Waals surface area contributed by atoms with E-state index in [1.807, 2.05) is 17.7 Å². The van der Waals surface area contributed by atoms with Crippen molar-refractivity contribution in [2.45, 2.75) is 82.0 Å². The van der Waals surface area contributed by atoms with Crippen LogP contribution in [0.4, 0.5) is 13.2 Å². The van der Waals surface area contributed by atoms with Gasteiger partial charge in [-0.05, 0) is 57.1 Å². The monoisotopic (exact) mass is 431 g/mol. The van der Waals surface area contributed by atoms with Crippen molar-refractivity contribution < 1.29 is 18.3 Å². The lowest BCUT2D eigenvalue weighted by Crippen LogP contribution is -2.43.